The quantitative estimate of drug-likeness (QED) is 0.0341. The number of carbonyl (C=O) groups excluding carboxylic acids is 3. The monoisotopic (exact) mass is 987 g/mol. The lowest BCUT2D eigenvalue weighted by molar-refractivity contribution is -0.148. The maximum absolute atomic E-state index is 11.5. The van der Waals surface area contributed by atoms with Crippen LogP contribution in [0.15, 0.2) is 115 Å². The Labute approximate surface area is 356 Å². The Balaban J connectivity index is 0.000000719. The molecule has 56 heavy (non-hydrogen) atoms. The van der Waals surface area contributed by atoms with Gasteiger partial charge in [0.15, 0.2) is 0 Å². The number of benzene rings is 4. The molecule has 0 saturated heterocycles. The number of amides is 1. The molecule has 0 saturated carbocycles. The number of carboxylic acid groups (broad SMARTS) is 1. The van der Waals surface area contributed by atoms with Crippen molar-refractivity contribution in [2.45, 2.75) is 79.8 Å². The molecule has 0 heterocycles. The van der Waals surface area contributed by atoms with Gasteiger partial charge in [-0.15, -0.1) is 0 Å². The minimum atomic E-state index is -0.911. The average molecular weight is 988 g/mol. The summed E-state index contributed by atoms with van der Waals surface area (Å²) in [6, 6.07) is 31.3. The van der Waals surface area contributed by atoms with Gasteiger partial charge in [0, 0.05) is 61.0 Å². The predicted molar refractivity (Wildman–Crippen MR) is 247 cm³/mol. The molecule has 0 aliphatic heterocycles. The Morgan fingerprint density at radius 1 is 0.589 bits per heavy atom. The van der Waals surface area contributed by atoms with Crippen molar-refractivity contribution in [2.75, 3.05) is 0 Å². The summed E-state index contributed by atoms with van der Waals surface area (Å²) in [5.41, 5.74) is 9.66. The van der Waals surface area contributed by atoms with Gasteiger partial charge in [0.1, 0.15) is 11.9 Å². The minimum absolute atomic E-state index is 0.302. The molecular weight excluding hydrogens is 932 g/mol. The van der Waals surface area contributed by atoms with E-state index < -0.39 is 17.5 Å². The third-order valence-electron chi connectivity index (χ3n) is 7.61. The summed E-state index contributed by atoms with van der Waals surface area (Å²) in [5, 5.41) is 16.7. The first-order valence-electron chi connectivity index (χ1n) is 18.2. The molecule has 0 unspecified atom stereocenters. The molecular formula is C46H55I2NO7. The molecule has 0 aromatic heterocycles. The van der Waals surface area contributed by atoms with Crippen LogP contribution in [-0.4, -0.2) is 40.0 Å². The first-order chi connectivity index (χ1) is 26.8. The molecule has 0 fully saturated rings. The van der Waals surface area contributed by atoms with Crippen molar-refractivity contribution in [3.05, 3.63) is 160 Å². The number of ether oxygens (including phenoxy) is 1. The van der Waals surface area contributed by atoms with Crippen molar-refractivity contribution >= 4 is 79.6 Å². The molecule has 4 rings (SSSR count). The van der Waals surface area contributed by atoms with Crippen molar-refractivity contribution in [1.82, 2.24) is 5.48 Å². The van der Waals surface area contributed by atoms with Gasteiger partial charge in [0.05, 0.1) is 0 Å². The summed E-state index contributed by atoms with van der Waals surface area (Å²) in [6.07, 6.45) is 13.7. The highest BCUT2D eigenvalue weighted by molar-refractivity contribution is 15.0. The van der Waals surface area contributed by atoms with Crippen molar-refractivity contribution in [3.63, 3.8) is 0 Å². The van der Waals surface area contributed by atoms with E-state index in [0.29, 0.717) is 0 Å². The van der Waals surface area contributed by atoms with Crippen molar-refractivity contribution < 1.29 is 34.2 Å². The van der Waals surface area contributed by atoms with Crippen LogP contribution in [0, 0.1) is 0 Å². The summed E-state index contributed by atoms with van der Waals surface area (Å²) in [7, 11) is 0. The highest BCUT2D eigenvalue weighted by atomic mass is 128. The van der Waals surface area contributed by atoms with Crippen molar-refractivity contribution in [3.8, 4) is 0 Å². The van der Waals surface area contributed by atoms with Gasteiger partial charge in [-0.25, -0.2) is 15.1 Å². The number of hydrogen-bond donors (Lipinski definition) is 3. The van der Waals surface area contributed by atoms with Gasteiger partial charge in [0.2, 0.25) is 0 Å². The molecule has 0 aliphatic rings. The molecule has 0 spiro atoms. The fourth-order valence-electron chi connectivity index (χ4n) is 4.88. The first kappa shape index (κ1) is 51.6. The number of aldehydes is 1. The zero-order chi connectivity index (χ0) is 42.4. The van der Waals surface area contributed by atoms with Gasteiger partial charge in [-0.2, -0.15) is 0 Å². The molecule has 300 valence electrons. The number of esters is 1. The van der Waals surface area contributed by atoms with Crippen LogP contribution < -0.4 is 5.48 Å². The normalized spacial score (nSPS) is 10.4. The van der Waals surface area contributed by atoms with E-state index in [1.807, 2.05) is 132 Å². The molecule has 0 aliphatic carbocycles. The predicted octanol–water partition coefficient (Wildman–Crippen LogP) is 11.6. The van der Waals surface area contributed by atoms with Crippen LogP contribution in [0.2, 0.25) is 0 Å². The first-order valence-corrected chi connectivity index (χ1v) is 24.5. The lowest BCUT2D eigenvalue weighted by Crippen LogP contribution is -2.22. The fourth-order valence-corrected chi connectivity index (χ4v) is 4.88. The zero-order valence-corrected chi connectivity index (χ0v) is 37.6. The summed E-state index contributed by atoms with van der Waals surface area (Å²) >= 11 is 4.24. The Bertz CT molecular complexity index is 1860. The summed E-state index contributed by atoms with van der Waals surface area (Å²) in [4.78, 5) is 42.9. The van der Waals surface area contributed by atoms with Gasteiger partial charge >= 0.3 is 11.9 Å². The summed E-state index contributed by atoms with van der Waals surface area (Å²) < 4.78 is 5.21. The van der Waals surface area contributed by atoms with Crippen LogP contribution in [0.1, 0.15) is 97.8 Å². The van der Waals surface area contributed by atoms with Gasteiger partial charge in [-0.05, 0) is 104 Å². The molecule has 4 aromatic rings. The third kappa shape index (κ3) is 22.9. The van der Waals surface area contributed by atoms with Crippen LogP contribution in [-0.2, 0) is 44.8 Å². The highest BCUT2D eigenvalue weighted by Gasteiger charge is 2.13. The lowest BCUT2D eigenvalue weighted by atomic mass is 10.1. The van der Waals surface area contributed by atoms with E-state index in [1.54, 1.807) is 17.6 Å². The second kappa shape index (κ2) is 30.8. The standard InChI is InChI=1S/C15H20O2.C11H13NO2.C11H12O2.C9H10O.I2/c1-5-12-8-6-7-9-13(12)10-11-14(16)17-15(2,3)4;1-2-9-5-3-4-6-10(9)7-8-11(13)12-14;1-2-9-5-3-4-6-10(9)7-8-11(12)13;1-2-8-5-3-4-6-9(8)7-10;1-2/h6-11H,5H2,1-4H3;3-8,14H,2H2,1H3,(H,12,13);3-8H,2H2,1H3,(H,12,13);3-7H,2H2,1H3;/b11-10+;2*8-7+;;. The molecule has 0 atom stereocenters. The van der Waals surface area contributed by atoms with Crippen molar-refractivity contribution in [1.29, 1.82) is 0 Å². The van der Waals surface area contributed by atoms with Crippen LogP contribution >= 0.6 is 37.2 Å². The van der Waals surface area contributed by atoms with Crippen LogP contribution in [0.3, 0.4) is 0 Å². The van der Waals surface area contributed by atoms with Gasteiger partial charge < -0.3 is 9.84 Å². The number of halogens is 2. The zero-order valence-electron chi connectivity index (χ0n) is 33.3. The number of hydrogen-bond acceptors (Lipinski definition) is 6. The SMILES string of the molecule is CCc1ccccc1/C=C/C(=O)NO.CCc1ccccc1/C=C/C(=O)O.CCc1ccccc1/C=C/C(=O)OC(C)(C)C.CCc1ccccc1C=O.II. The second-order valence-corrected chi connectivity index (χ2v) is 12.7. The number of rotatable bonds is 11. The van der Waals surface area contributed by atoms with Crippen LogP contribution in [0.25, 0.3) is 18.2 Å². The molecule has 0 radical (unpaired) electrons. The van der Waals surface area contributed by atoms with E-state index in [0.717, 1.165) is 65.9 Å². The number of aryl methyl sites for hydroxylation is 4. The van der Waals surface area contributed by atoms with E-state index in [-0.39, 0.29) is 5.97 Å². The average Bonchev–Trinajstić information content (AvgIpc) is 3.22. The number of carbonyl (C=O) groups is 4. The van der Waals surface area contributed by atoms with E-state index >= 15 is 0 Å². The van der Waals surface area contributed by atoms with E-state index in [4.69, 9.17) is 15.1 Å². The topological polar surface area (TPSA) is 130 Å². The summed E-state index contributed by atoms with van der Waals surface area (Å²) in [5.74, 6) is -1.73. The third-order valence-corrected chi connectivity index (χ3v) is 7.61. The number of aliphatic carboxylic acids is 1. The van der Waals surface area contributed by atoms with E-state index in [2.05, 4.69) is 57.1 Å². The van der Waals surface area contributed by atoms with Gasteiger partial charge in [0.25, 0.3) is 5.91 Å². The maximum Gasteiger partial charge on any atom is 0.331 e. The Hall–Kier alpha value is -4.40. The molecule has 0 bridgehead atoms. The van der Waals surface area contributed by atoms with Gasteiger partial charge in [-0.1, -0.05) is 125 Å². The molecule has 4 aromatic carbocycles. The Kier molecular flexibility index (Phi) is 28.4. The molecule has 3 N–H and O–H groups in total. The van der Waals surface area contributed by atoms with Crippen LogP contribution in [0.4, 0.5) is 0 Å². The maximum atomic E-state index is 11.5. The lowest BCUT2D eigenvalue weighted by Gasteiger charge is -2.17. The molecule has 1 amide bonds. The van der Waals surface area contributed by atoms with Gasteiger partial charge in [-0.3, -0.25) is 14.8 Å². The smallest absolute Gasteiger partial charge is 0.331 e. The molecule has 10 heteroatoms. The largest absolute Gasteiger partial charge is 0.478 e. The minimum Gasteiger partial charge on any atom is -0.478 e. The Morgan fingerprint density at radius 2 is 0.911 bits per heavy atom. The second-order valence-electron chi connectivity index (χ2n) is 12.7. The molecule has 8 nitrogen and oxygen atoms in total. The summed E-state index contributed by atoms with van der Waals surface area (Å²) in [6.45, 7) is 13.8. The van der Waals surface area contributed by atoms with Crippen molar-refractivity contribution in [2.24, 2.45) is 0 Å². The van der Waals surface area contributed by atoms with E-state index in [9.17, 15) is 19.2 Å². The van der Waals surface area contributed by atoms with E-state index in [1.165, 1.54) is 28.8 Å². The number of carboxylic acids is 1. The highest BCUT2D eigenvalue weighted by Crippen LogP contribution is 2.14. The van der Waals surface area contributed by atoms with Crippen LogP contribution in [0.5, 0.6) is 0 Å². The fraction of sp³-hybridized carbons (Fsp3) is 0.261. The number of hydroxylamine groups is 1. The Morgan fingerprint density at radius 3 is 1.21 bits per heavy atom. The number of nitrogens with one attached hydrogen (secondary N) is 1.